The van der Waals surface area contributed by atoms with Crippen molar-refractivity contribution in [2.24, 2.45) is 0 Å². The summed E-state index contributed by atoms with van der Waals surface area (Å²) >= 11 is 0. The number of anilines is 4. The molecule has 0 bridgehead atoms. The normalized spacial score (nSPS) is 12.9. The summed E-state index contributed by atoms with van der Waals surface area (Å²) in [5, 5.41) is 8.82. The Morgan fingerprint density at radius 1 is 1.00 bits per heavy atom. The number of rotatable bonds is 6. The zero-order valence-corrected chi connectivity index (χ0v) is 19.9. The number of fused-ring (bicyclic) bond motifs is 2. The maximum atomic E-state index is 11.9. The van der Waals surface area contributed by atoms with Crippen LogP contribution < -0.4 is 26.0 Å². The van der Waals surface area contributed by atoms with Gasteiger partial charge in [0.05, 0.1) is 5.69 Å². The third-order valence-electron chi connectivity index (χ3n) is 6.41. The van der Waals surface area contributed by atoms with E-state index in [0.717, 1.165) is 33.4 Å². The van der Waals surface area contributed by atoms with Crippen LogP contribution in [0.15, 0.2) is 48.9 Å². The van der Waals surface area contributed by atoms with Gasteiger partial charge in [-0.1, -0.05) is 6.07 Å². The van der Waals surface area contributed by atoms with E-state index >= 15 is 0 Å². The van der Waals surface area contributed by atoms with Crippen LogP contribution in [-0.4, -0.2) is 34.5 Å². The number of benzene rings is 2. The Morgan fingerprint density at radius 2 is 1.77 bits per heavy atom. The lowest BCUT2D eigenvalue weighted by Gasteiger charge is -2.26. The second-order valence-electron chi connectivity index (χ2n) is 8.63. The topological polar surface area (TPSA) is 118 Å². The number of aryl methyl sites for hydroxylation is 2. The van der Waals surface area contributed by atoms with Gasteiger partial charge in [-0.3, -0.25) is 4.79 Å². The SMILES string of the molecule is Cc1cc2c(N)nccc2c(C)c1CNc1cc(NCc2ccc3c(c2)N(C)C(=O)CO3)ncn1. The zero-order chi connectivity index (χ0) is 24.5. The molecule has 178 valence electrons. The number of carbonyl (C=O) groups excluding carboxylic acids is 1. The fourth-order valence-electron chi connectivity index (χ4n) is 4.35. The van der Waals surface area contributed by atoms with E-state index in [9.17, 15) is 4.79 Å². The molecule has 9 nitrogen and oxygen atoms in total. The Hall–Kier alpha value is -4.40. The van der Waals surface area contributed by atoms with E-state index in [1.165, 1.54) is 17.5 Å². The van der Waals surface area contributed by atoms with E-state index < -0.39 is 0 Å². The smallest absolute Gasteiger partial charge is 0.264 e. The van der Waals surface area contributed by atoms with Crippen molar-refractivity contribution < 1.29 is 9.53 Å². The third-order valence-corrected chi connectivity index (χ3v) is 6.41. The number of likely N-dealkylation sites (N-methyl/N-ethyl adjacent to an activating group) is 1. The van der Waals surface area contributed by atoms with E-state index in [1.807, 2.05) is 30.3 Å². The van der Waals surface area contributed by atoms with E-state index in [4.69, 9.17) is 10.5 Å². The molecule has 0 saturated carbocycles. The second-order valence-corrected chi connectivity index (χ2v) is 8.63. The minimum atomic E-state index is -0.0638. The van der Waals surface area contributed by atoms with Gasteiger partial charge in [0.1, 0.15) is 29.5 Å². The summed E-state index contributed by atoms with van der Waals surface area (Å²) in [5.74, 6) is 2.62. The molecule has 3 heterocycles. The molecule has 4 aromatic rings. The summed E-state index contributed by atoms with van der Waals surface area (Å²) in [6.45, 7) is 5.42. The number of hydrogen-bond acceptors (Lipinski definition) is 8. The number of nitrogen functional groups attached to an aromatic ring is 1. The lowest BCUT2D eigenvalue weighted by Crippen LogP contribution is -2.35. The fourth-order valence-corrected chi connectivity index (χ4v) is 4.35. The minimum absolute atomic E-state index is 0.0638. The van der Waals surface area contributed by atoms with Crippen molar-refractivity contribution in [2.45, 2.75) is 26.9 Å². The molecular formula is C26H27N7O2. The molecule has 35 heavy (non-hydrogen) atoms. The number of nitrogens with one attached hydrogen (secondary N) is 2. The first kappa shape index (κ1) is 22.4. The number of amides is 1. The molecule has 5 rings (SSSR count). The summed E-state index contributed by atoms with van der Waals surface area (Å²) in [4.78, 5) is 26.5. The fraction of sp³-hybridized carbons (Fsp3) is 0.231. The van der Waals surface area contributed by atoms with E-state index in [1.54, 1.807) is 18.1 Å². The van der Waals surface area contributed by atoms with Gasteiger partial charge >= 0.3 is 0 Å². The van der Waals surface area contributed by atoms with Crippen LogP contribution >= 0.6 is 0 Å². The first-order chi connectivity index (χ1) is 16.9. The summed E-state index contributed by atoms with van der Waals surface area (Å²) in [6.07, 6.45) is 3.27. The number of nitrogens with two attached hydrogens (primary N) is 1. The molecule has 2 aromatic heterocycles. The largest absolute Gasteiger partial charge is 0.482 e. The van der Waals surface area contributed by atoms with Crippen molar-refractivity contribution in [2.75, 3.05) is 34.9 Å². The highest BCUT2D eigenvalue weighted by Gasteiger charge is 2.22. The third kappa shape index (κ3) is 4.40. The monoisotopic (exact) mass is 469 g/mol. The minimum Gasteiger partial charge on any atom is -0.482 e. The highest BCUT2D eigenvalue weighted by Crippen LogP contribution is 2.32. The van der Waals surface area contributed by atoms with Crippen LogP contribution in [0.3, 0.4) is 0 Å². The first-order valence-electron chi connectivity index (χ1n) is 11.4. The number of ether oxygens (including phenoxy) is 1. The molecular weight excluding hydrogens is 442 g/mol. The van der Waals surface area contributed by atoms with E-state index in [2.05, 4.69) is 45.5 Å². The summed E-state index contributed by atoms with van der Waals surface area (Å²) in [5.41, 5.74) is 11.4. The second kappa shape index (κ2) is 9.09. The molecule has 1 aliphatic rings. The van der Waals surface area contributed by atoms with Gasteiger partial charge in [-0.05, 0) is 65.8 Å². The number of hydrogen-bond donors (Lipinski definition) is 3. The standard InChI is InChI=1S/C26H27N7O2/c1-15-8-19-18(6-7-28-26(19)27)16(2)20(15)12-30-24-10-23(31-14-32-24)29-11-17-4-5-22-21(9-17)33(3)25(34)13-35-22/h4-10,14H,11-13H2,1-3H3,(H2,27,28)(H2,29,30,31,32). The molecule has 0 fully saturated rings. The average molecular weight is 470 g/mol. The molecule has 0 radical (unpaired) electrons. The highest BCUT2D eigenvalue weighted by molar-refractivity contribution is 5.97. The van der Waals surface area contributed by atoms with Gasteiger partial charge in [0.2, 0.25) is 0 Å². The van der Waals surface area contributed by atoms with Crippen LogP contribution in [0, 0.1) is 13.8 Å². The molecule has 1 aliphatic heterocycles. The Bertz CT molecular complexity index is 1440. The maximum Gasteiger partial charge on any atom is 0.264 e. The molecule has 0 saturated heterocycles. The number of nitrogens with zero attached hydrogens (tertiary/aromatic N) is 4. The van der Waals surface area contributed by atoms with Crippen molar-refractivity contribution in [3.8, 4) is 5.75 Å². The van der Waals surface area contributed by atoms with Crippen molar-refractivity contribution in [3.05, 3.63) is 71.2 Å². The zero-order valence-electron chi connectivity index (χ0n) is 19.9. The lowest BCUT2D eigenvalue weighted by atomic mass is 9.96. The average Bonchev–Trinajstić information content (AvgIpc) is 2.86. The van der Waals surface area contributed by atoms with Gasteiger partial charge in [-0.25, -0.2) is 15.0 Å². The van der Waals surface area contributed by atoms with Gasteiger partial charge in [-0.2, -0.15) is 0 Å². The van der Waals surface area contributed by atoms with E-state index in [0.29, 0.717) is 30.5 Å². The highest BCUT2D eigenvalue weighted by atomic mass is 16.5. The number of aromatic nitrogens is 3. The molecule has 0 spiro atoms. The molecule has 2 aromatic carbocycles. The molecule has 0 atom stereocenters. The number of carbonyl (C=O) groups is 1. The van der Waals surface area contributed by atoms with Gasteiger partial charge in [0.15, 0.2) is 6.61 Å². The summed E-state index contributed by atoms with van der Waals surface area (Å²) in [7, 11) is 1.76. The van der Waals surface area contributed by atoms with Crippen LogP contribution in [0.5, 0.6) is 5.75 Å². The van der Waals surface area contributed by atoms with Crippen LogP contribution in [0.4, 0.5) is 23.1 Å². The van der Waals surface area contributed by atoms with Gasteiger partial charge in [0, 0.05) is 37.8 Å². The van der Waals surface area contributed by atoms with Crippen LogP contribution in [0.1, 0.15) is 22.3 Å². The van der Waals surface area contributed by atoms with Crippen LogP contribution in [0.2, 0.25) is 0 Å². The summed E-state index contributed by atoms with van der Waals surface area (Å²) in [6, 6.07) is 11.8. The predicted octanol–water partition coefficient (Wildman–Crippen LogP) is 3.80. The molecule has 9 heteroatoms. The quantitative estimate of drug-likeness (QED) is 0.390. The van der Waals surface area contributed by atoms with Gasteiger partial charge < -0.3 is 26.0 Å². The number of pyridine rings is 1. The molecule has 0 unspecified atom stereocenters. The first-order valence-corrected chi connectivity index (χ1v) is 11.4. The van der Waals surface area contributed by atoms with Crippen LogP contribution in [0.25, 0.3) is 10.8 Å². The van der Waals surface area contributed by atoms with Crippen molar-refractivity contribution in [3.63, 3.8) is 0 Å². The maximum absolute atomic E-state index is 11.9. The van der Waals surface area contributed by atoms with Gasteiger partial charge in [0.25, 0.3) is 5.91 Å². The Morgan fingerprint density at radius 3 is 2.57 bits per heavy atom. The predicted molar refractivity (Wildman–Crippen MR) is 138 cm³/mol. The van der Waals surface area contributed by atoms with Gasteiger partial charge in [-0.15, -0.1) is 0 Å². The lowest BCUT2D eigenvalue weighted by molar-refractivity contribution is -0.120. The van der Waals surface area contributed by atoms with Crippen LogP contribution in [-0.2, 0) is 17.9 Å². The Kier molecular flexibility index (Phi) is 5.82. The molecule has 0 aliphatic carbocycles. The van der Waals surface area contributed by atoms with Crippen molar-refractivity contribution in [1.82, 2.24) is 15.0 Å². The van der Waals surface area contributed by atoms with Crippen molar-refractivity contribution in [1.29, 1.82) is 0 Å². The summed E-state index contributed by atoms with van der Waals surface area (Å²) < 4.78 is 5.50. The Balaban J connectivity index is 1.28. The Labute approximate surface area is 203 Å². The molecule has 1 amide bonds. The van der Waals surface area contributed by atoms with Crippen molar-refractivity contribution >= 4 is 39.8 Å². The molecule has 4 N–H and O–H groups in total. The van der Waals surface area contributed by atoms with E-state index in [-0.39, 0.29) is 12.5 Å².